The lowest BCUT2D eigenvalue weighted by Gasteiger charge is -2.36. The van der Waals surface area contributed by atoms with E-state index in [2.05, 4.69) is 9.98 Å². The lowest BCUT2D eigenvalue weighted by molar-refractivity contribution is -0.152. The number of carbonyl (C=O) groups is 1. The van der Waals surface area contributed by atoms with Crippen LogP contribution in [0.5, 0.6) is 0 Å². The van der Waals surface area contributed by atoms with E-state index in [1.807, 2.05) is 22.2 Å². The zero-order valence-electron chi connectivity index (χ0n) is 16.9. The average Bonchev–Trinajstić information content (AvgIpc) is 3.09. The molecule has 0 aliphatic heterocycles. The number of aliphatic carboxylic acids is 1. The third kappa shape index (κ3) is 5.75. The van der Waals surface area contributed by atoms with Crippen molar-refractivity contribution in [2.75, 3.05) is 13.4 Å². The molecule has 0 spiro atoms. The van der Waals surface area contributed by atoms with Gasteiger partial charge < -0.3 is 9.84 Å². The summed E-state index contributed by atoms with van der Waals surface area (Å²) in [5.74, 6) is -0.407. The normalized spacial score (nSPS) is 22.9. The van der Waals surface area contributed by atoms with Gasteiger partial charge in [0.2, 0.25) is 0 Å². The van der Waals surface area contributed by atoms with Crippen LogP contribution in [0.2, 0.25) is 0 Å². The fourth-order valence-electron chi connectivity index (χ4n) is 3.65. The van der Waals surface area contributed by atoms with Crippen LogP contribution >= 0.6 is 11.3 Å². The molecule has 0 aromatic carbocycles. The molecule has 0 bridgehead atoms. The summed E-state index contributed by atoms with van der Waals surface area (Å²) < 4.78 is 34.7. The Hall–Kier alpha value is -2.08. The van der Waals surface area contributed by atoms with E-state index in [1.54, 1.807) is 19.2 Å². The van der Waals surface area contributed by atoms with Gasteiger partial charge in [-0.1, -0.05) is 6.07 Å². The maximum absolute atomic E-state index is 12.1. The maximum atomic E-state index is 12.1. The number of hydrogen-bond acceptors (Lipinski definition) is 8. The molecule has 2 aromatic rings. The van der Waals surface area contributed by atoms with Gasteiger partial charge in [-0.3, -0.25) is 13.5 Å². The van der Waals surface area contributed by atoms with E-state index in [4.69, 9.17) is 8.92 Å². The van der Waals surface area contributed by atoms with E-state index in [0.717, 1.165) is 11.1 Å². The van der Waals surface area contributed by atoms with Crippen molar-refractivity contribution in [1.29, 1.82) is 0 Å². The van der Waals surface area contributed by atoms with E-state index in [0.29, 0.717) is 43.9 Å². The van der Waals surface area contributed by atoms with Gasteiger partial charge in [0.05, 0.1) is 17.8 Å². The van der Waals surface area contributed by atoms with Gasteiger partial charge in [-0.15, -0.1) is 11.3 Å². The number of methoxy groups -OCH3 is 1. The molecule has 2 heterocycles. The van der Waals surface area contributed by atoms with Crippen LogP contribution in [0.4, 0.5) is 5.82 Å². The molecule has 0 atom stereocenters. The van der Waals surface area contributed by atoms with Crippen LogP contribution in [0.3, 0.4) is 0 Å². The van der Waals surface area contributed by atoms with Gasteiger partial charge >= 0.3 is 5.97 Å². The molecule has 1 aliphatic rings. The van der Waals surface area contributed by atoms with E-state index < -0.39 is 27.6 Å². The molecule has 0 saturated heterocycles. The van der Waals surface area contributed by atoms with Crippen LogP contribution in [-0.2, 0) is 37.0 Å². The number of hydrogen-bond donors (Lipinski definition) is 1. The fraction of sp³-hybridized carbons (Fsp3) is 0.526. The van der Waals surface area contributed by atoms with Crippen molar-refractivity contribution >= 4 is 33.2 Å². The highest BCUT2D eigenvalue weighted by Gasteiger charge is 2.43. The first-order valence-corrected chi connectivity index (χ1v) is 12.2. The predicted molar refractivity (Wildman–Crippen MR) is 111 cm³/mol. The van der Waals surface area contributed by atoms with Crippen molar-refractivity contribution in [3.63, 3.8) is 0 Å². The van der Waals surface area contributed by atoms with Gasteiger partial charge in [0, 0.05) is 30.8 Å². The Morgan fingerprint density at radius 3 is 2.77 bits per heavy atom. The highest BCUT2D eigenvalue weighted by Crippen LogP contribution is 2.40. The fourth-order valence-corrected chi connectivity index (χ4v) is 5.06. The summed E-state index contributed by atoms with van der Waals surface area (Å²) in [5.41, 5.74) is -0.363. The summed E-state index contributed by atoms with van der Waals surface area (Å²) in [6.45, 7) is 0.376. The Balaban J connectivity index is 1.78. The number of carboxylic acid groups (broad SMARTS) is 1. The van der Waals surface area contributed by atoms with Crippen LogP contribution in [-0.4, -0.2) is 48.5 Å². The summed E-state index contributed by atoms with van der Waals surface area (Å²) in [5, 5.41) is 11.8. The molecule has 0 amide bonds. The van der Waals surface area contributed by atoms with Gasteiger partial charge in [0.15, 0.2) is 10.6 Å². The monoisotopic (exact) mass is 455 g/mol. The Kier molecular flexibility index (Phi) is 7.06. The van der Waals surface area contributed by atoms with Crippen molar-refractivity contribution < 1.29 is 27.2 Å². The van der Waals surface area contributed by atoms with Gasteiger partial charge in [-0.05, 0) is 37.8 Å². The van der Waals surface area contributed by atoms with Gasteiger partial charge in [0.25, 0.3) is 10.1 Å². The van der Waals surface area contributed by atoms with Crippen LogP contribution < -0.4 is 4.80 Å². The first-order valence-electron chi connectivity index (χ1n) is 9.46. The largest absolute Gasteiger partial charge is 0.481 e. The summed E-state index contributed by atoms with van der Waals surface area (Å²) in [7, 11) is -1.96. The quantitative estimate of drug-likeness (QED) is 0.607. The second kappa shape index (κ2) is 9.38. The molecule has 164 valence electrons. The number of aromatic nitrogens is 2. The number of pyridine rings is 1. The van der Waals surface area contributed by atoms with Crippen LogP contribution in [0.15, 0.2) is 34.8 Å². The van der Waals surface area contributed by atoms with Gasteiger partial charge in [-0.25, -0.2) is 9.98 Å². The summed E-state index contributed by atoms with van der Waals surface area (Å²) >= 11 is 1.45. The highest BCUT2D eigenvalue weighted by molar-refractivity contribution is 7.86. The minimum atomic E-state index is -3.56. The highest BCUT2D eigenvalue weighted by atomic mass is 32.2. The van der Waals surface area contributed by atoms with E-state index in [-0.39, 0.29) is 6.42 Å². The maximum Gasteiger partial charge on any atom is 0.310 e. The zero-order valence-corrected chi connectivity index (χ0v) is 18.5. The molecular weight excluding hydrogens is 430 g/mol. The van der Waals surface area contributed by atoms with Crippen LogP contribution in [0.25, 0.3) is 0 Å². The number of thiazole rings is 1. The molecule has 0 radical (unpaired) electrons. The molecule has 0 unspecified atom stereocenters. The van der Waals surface area contributed by atoms with Crippen molar-refractivity contribution in [3.8, 4) is 0 Å². The Bertz CT molecular complexity index is 1050. The first-order chi connectivity index (χ1) is 14.2. The minimum absolute atomic E-state index is 0.250. The van der Waals surface area contributed by atoms with E-state index >= 15 is 0 Å². The second-order valence-electron chi connectivity index (χ2n) is 7.43. The summed E-state index contributed by atoms with van der Waals surface area (Å²) in [4.78, 5) is 21.9. The smallest absolute Gasteiger partial charge is 0.310 e. The molecule has 1 saturated carbocycles. The lowest BCUT2D eigenvalue weighted by atomic mass is 9.70. The van der Waals surface area contributed by atoms with Crippen molar-refractivity contribution in [2.24, 2.45) is 10.4 Å². The van der Waals surface area contributed by atoms with Gasteiger partial charge in [0.1, 0.15) is 6.73 Å². The standard InChI is InChI=1S/C19H25N3O6S2/c1-27-13-22-10-11-29-18(22)21-16-5-3-4-14(20-16)12-19(17(23)24)8-6-15(7-9-19)28-30(2,25)26/h3-5,10-11,15H,6-9,12-13H2,1-2H3,(H,23,24)/b21-18-. The molecule has 9 nitrogen and oxygen atoms in total. The number of carboxylic acids is 1. The van der Waals surface area contributed by atoms with E-state index in [1.165, 1.54) is 11.3 Å². The second-order valence-corrected chi connectivity index (χ2v) is 9.91. The van der Waals surface area contributed by atoms with Crippen molar-refractivity contribution in [2.45, 2.75) is 44.9 Å². The molecule has 1 aliphatic carbocycles. The lowest BCUT2D eigenvalue weighted by Crippen LogP contribution is -2.40. The third-order valence-corrected chi connectivity index (χ3v) is 6.52. The SMILES string of the molecule is COCn1ccs/c1=N\c1cccc(CC2(C(=O)O)CCC(OS(C)(=O)=O)CC2)n1. The topological polar surface area (TPSA) is 120 Å². The van der Waals surface area contributed by atoms with Crippen LogP contribution in [0.1, 0.15) is 31.4 Å². The predicted octanol–water partition coefficient (Wildman–Crippen LogP) is 2.31. The number of rotatable bonds is 8. The average molecular weight is 456 g/mol. The third-order valence-electron chi connectivity index (χ3n) is 5.10. The Morgan fingerprint density at radius 1 is 1.40 bits per heavy atom. The molecule has 1 N–H and O–H groups in total. The molecule has 2 aromatic heterocycles. The van der Waals surface area contributed by atoms with Crippen LogP contribution in [0, 0.1) is 5.41 Å². The Labute approximate surface area is 179 Å². The molecule has 30 heavy (non-hydrogen) atoms. The summed E-state index contributed by atoms with van der Waals surface area (Å²) in [6, 6.07) is 5.37. The number of nitrogens with zero attached hydrogens (tertiary/aromatic N) is 3. The summed E-state index contributed by atoms with van der Waals surface area (Å²) in [6.07, 6.45) is 4.04. The van der Waals surface area contributed by atoms with E-state index in [9.17, 15) is 18.3 Å². The first kappa shape index (κ1) is 22.6. The molecule has 3 rings (SSSR count). The zero-order chi connectivity index (χ0) is 21.8. The van der Waals surface area contributed by atoms with Crippen molar-refractivity contribution in [3.05, 3.63) is 40.3 Å². The minimum Gasteiger partial charge on any atom is -0.481 e. The van der Waals surface area contributed by atoms with Crippen molar-refractivity contribution in [1.82, 2.24) is 9.55 Å². The number of ether oxygens (including phenoxy) is 1. The Morgan fingerprint density at radius 2 is 2.13 bits per heavy atom. The molecule has 11 heteroatoms. The van der Waals surface area contributed by atoms with Gasteiger partial charge in [-0.2, -0.15) is 8.42 Å². The molecular formula is C19H25N3O6S2. The molecule has 1 fully saturated rings.